The Balaban J connectivity index is 1.72. The zero-order valence-corrected chi connectivity index (χ0v) is 19.9. The first-order chi connectivity index (χ1) is 14.2. The lowest BCUT2D eigenvalue weighted by atomic mass is 9.92. The standard InChI is InChI=1S/C23H39N3O3S/c1-5-22(19(2)17-20-9-11-21(12-10-20)30(4,28)29)24-13-6-7-15-26-16-8-14-25(3)18-23(26)27/h9-12,19,22,24H,5-8,13-18H2,1-4H3/t19-,22?/m0/s1. The van der Waals surface area contributed by atoms with Gasteiger partial charge in [0.2, 0.25) is 5.91 Å². The summed E-state index contributed by atoms with van der Waals surface area (Å²) in [7, 11) is -1.13. The molecule has 0 spiro atoms. The summed E-state index contributed by atoms with van der Waals surface area (Å²) in [5.74, 6) is 0.715. The van der Waals surface area contributed by atoms with Crippen LogP contribution in [0.4, 0.5) is 0 Å². The Hall–Kier alpha value is -1.44. The van der Waals surface area contributed by atoms with Crippen LogP contribution in [0.5, 0.6) is 0 Å². The van der Waals surface area contributed by atoms with E-state index < -0.39 is 9.84 Å². The van der Waals surface area contributed by atoms with Gasteiger partial charge in [0.15, 0.2) is 9.84 Å². The van der Waals surface area contributed by atoms with Crippen molar-refractivity contribution in [1.29, 1.82) is 0 Å². The monoisotopic (exact) mass is 437 g/mol. The highest BCUT2D eigenvalue weighted by Crippen LogP contribution is 2.17. The molecule has 1 amide bonds. The van der Waals surface area contributed by atoms with Gasteiger partial charge in [-0.25, -0.2) is 8.42 Å². The van der Waals surface area contributed by atoms with Gasteiger partial charge in [-0.3, -0.25) is 9.69 Å². The largest absolute Gasteiger partial charge is 0.342 e. The molecule has 0 aliphatic carbocycles. The predicted molar refractivity (Wildman–Crippen MR) is 122 cm³/mol. The lowest BCUT2D eigenvalue weighted by molar-refractivity contribution is -0.131. The molecule has 170 valence electrons. The molecule has 1 saturated heterocycles. The number of carbonyl (C=O) groups is 1. The number of amides is 1. The first kappa shape index (κ1) is 24.8. The Kier molecular flexibility index (Phi) is 9.78. The first-order valence-corrected chi connectivity index (χ1v) is 13.1. The number of hydrogen-bond acceptors (Lipinski definition) is 5. The normalized spacial score (nSPS) is 18.3. The summed E-state index contributed by atoms with van der Waals surface area (Å²) in [6.07, 6.45) is 6.36. The smallest absolute Gasteiger partial charge is 0.236 e. The average molecular weight is 438 g/mol. The van der Waals surface area contributed by atoms with Crippen LogP contribution in [-0.4, -0.2) is 76.2 Å². The summed E-state index contributed by atoms with van der Waals surface area (Å²) in [6.45, 7) is 8.68. The van der Waals surface area contributed by atoms with Gasteiger partial charge in [-0.2, -0.15) is 0 Å². The summed E-state index contributed by atoms with van der Waals surface area (Å²) in [6, 6.07) is 7.68. The third kappa shape index (κ3) is 8.00. The Morgan fingerprint density at radius 1 is 1.13 bits per heavy atom. The first-order valence-electron chi connectivity index (χ1n) is 11.2. The molecule has 1 aliphatic heterocycles. The molecule has 6 nitrogen and oxygen atoms in total. The lowest BCUT2D eigenvalue weighted by Gasteiger charge is -2.25. The van der Waals surface area contributed by atoms with Crippen LogP contribution in [0.15, 0.2) is 29.2 Å². The second-order valence-electron chi connectivity index (χ2n) is 8.75. The van der Waals surface area contributed by atoms with E-state index in [1.807, 2.05) is 24.1 Å². The Bertz CT molecular complexity index is 764. The molecular weight excluding hydrogens is 398 g/mol. The fraction of sp³-hybridized carbons (Fsp3) is 0.696. The zero-order chi connectivity index (χ0) is 22.1. The van der Waals surface area contributed by atoms with Crippen LogP contribution in [0.25, 0.3) is 0 Å². The van der Waals surface area contributed by atoms with Crippen LogP contribution >= 0.6 is 0 Å². The highest BCUT2D eigenvalue weighted by atomic mass is 32.2. The molecule has 0 bridgehead atoms. The molecular formula is C23H39N3O3S. The van der Waals surface area contributed by atoms with E-state index in [0.29, 0.717) is 23.4 Å². The highest BCUT2D eigenvalue weighted by molar-refractivity contribution is 7.90. The Labute approximate surface area is 182 Å². The number of hydrogen-bond donors (Lipinski definition) is 1. The SMILES string of the molecule is CCC(NCCCCN1CCCN(C)CC1=O)[C@@H](C)Cc1ccc(S(C)(=O)=O)cc1. The number of benzene rings is 1. The minimum absolute atomic E-state index is 0.255. The summed E-state index contributed by atoms with van der Waals surface area (Å²) in [4.78, 5) is 16.7. The van der Waals surface area contributed by atoms with Crippen molar-refractivity contribution in [2.45, 2.75) is 56.9 Å². The molecule has 1 aromatic carbocycles. The number of nitrogens with one attached hydrogen (secondary N) is 1. The minimum Gasteiger partial charge on any atom is -0.342 e. The summed E-state index contributed by atoms with van der Waals surface area (Å²) in [5.41, 5.74) is 1.17. The maximum atomic E-state index is 12.2. The summed E-state index contributed by atoms with van der Waals surface area (Å²) >= 11 is 0. The summed E-state index contributed by atoms with van der Waals surface area (Å²) in [5, 5.41) is 3.69. The van der Waals surface area contributed by atoms with Crippen LogP contribution in [0.2, 0.25) is 0 Å². The number of nitrogens with zero attached hydrogens (tertiary/aromatic N) is 2. The van der Waals surface area contributed by atoms with Crippen molar-refractivity contribution in [3.05, 3.63) is 29.8 Å². The topological polar surface area (TPSA) is 69.7 Å². The van der Waals surface area contributed by atoms with Crippen molar-refractivity contribution in [2.75, 3.05) is 46.0 Å². The number of sulfone groups is 1. The zero-order valence-electron chi connectivity index (χ0n) is 19.1. The quantitative estimate of drug-likeness (QED) is 0.539. The van der Waals surface area contributed by atoms with E-state index >= 15 is 0 Å². The van der Waals surface area contributed by atoms with E-state index in [9.17, 15) is 13.2 Å². The Morgan fingerprint density at radius 2 is 1.83 bits per heavy atom. The number of likely N-dealkylation sites (N-methyl/N-ethyl adjacent to an activating group) is 1. The van der Waals surface area contributed by atoms with Crippen LogP contribution in [0, 0.1) is 5.92 Å². The fourth-order valence-electron chi connectivity index (χ4n) is 4.15. The summed E-state index contributed by atoms with van der Waals surface area (Å²) < 4.78 is 23.2. The third-order valence-electron chi connectivity index (χ3n) is 6.02. The molecule has 0 aromatic heterocycles. The Morgan fingerprint density at radius 3 is 2.47 bits per heavy atom. The van der Waals surface area contributed by atoms with Crippen LogP contribution in [-0.2, 0) is 21.1 Å². The lowest BCUT2D eigenvalue weighted by Crippen LogP contribution is -2.37. The van der Waals surface area contributed by atoms with Gasteiger partial charge < -0.3 is 10.2 Å². The van der Waals surface area contributed by atoms with Gasteiger partial charge in [0.05, 0.1) is 11.4 Å². The molecule has 0 radical (unpaired) electrons. The molecule has 1 aromatic rings. The maximum Gasteiger partial charge on any atom is 0.236 e. The van der Waals surface area contributed by atoms with E-state index in [-0.39, 0.29) is 5.91 Å². The molecule has 1 unspecified atom stereocenters. The van der Waals surface area contributed by atoms with Gasteiger partial charge in [0.1, 0.15) is 0 Å². The van der Waals surface area contributed by atoms with Gasteiger partial charge >= 0.3 is 0 Å². The van der Waals surface area contributed by atoms with Crippen molar-refractivity contribution >= 4 is 15.7 Å². The molecule has 30 heavy (non-hydrogen) atoms. The van der Waals surface area contributed by atoms with Crippen LogP contribution in [0.1, 0.15) is 45.1 Å². The molecule has 2 rings (SSSR count). The number of rotatable bonds is 11. The average Bonchev–Trinajstić information content (AvgIpc) is 2.84. The van der Waals surface area contributed by atoms with Crippen molar-refractivity contribution in [2.24, 2.45) is 5.92 Å². The van der Waals surface area contributed by atoms with E-state index in [1.54, 1.807) is 12.1 Å². The van der Waals surface area contributed by atoms with E-state index in [0.717, 1.165) is 58.3 Å². The van der Waals surface area contributed by atoms with Crippen molar-refractivity contribution in [3.8, 4) is 0 Å². The third-order valence-corrected chi connectivity index (χ3v) is 7.15. The maximum absolute atomic E-state index is 12.2. The van der Waals surface area contributed by atoms with Gasteiger partial charge in [0.25, 0.3) is 0 Å². The van der Waals surface area contributed by atoms with Gasteiger partial charge in [0, 0.05) is 31.9 Å². The van der Waals surface area contributed by atoms with E-state index in [1.165, 1.54) is 11.8 Å². The molecule has 2 atom stereocenters. The van der Waals surface area contributed by atoms with E-state index in [2.05, 4.69) is 24.1 Å². The van der Waals surface area contributed by atoms with Crippen molar-refractivity contribution in [3.63, 3.8) is 0 Å². The molecule has 1 N–H and O–H groups in total. The second kappa shape index (κ2) is 11.8. The van der Waals surface area contributed by atoms with E-state index in [4.69, 9.17) is 0 Å². The van der Waals surface area contributed by atoms with Gasteiger partial charge in [-0.1, -0.05) is 26.0 Å². The second-order valence-corrected chi connectivity index (χ2v) is 10.8. The van der Waals surface area contributed by atoms with Crippen molar-refractivity contribution < 1.29 is 13.2 Å². The minimum atomic E-state index is -3.14. The van der Waals surface area contributed by atoms with Crippen molar-refractivity contribution in [1.82, 2.24) is 15.1 Å². The molecule has 1 aliphatic rings. The van der Waals surface area contributed by atoms with Gasteiger partial charge in [-0.05, 0) is 69.3 Å². The fourth-order valence-corrected chi connectivity index (χ4v) is 4.78. The number of unbranched alkanes of at least 4 members (excludes halogenated alkanes) is 1. The molecule has 1 fully saturated rings. The predicted octanol–water partition coefficient (Wildman–Crippen LogP) is 2.58. The van der Waals surface area contributed by atoms with Crippen LogP contribution in [0.3, 0.4) is 0 Å². The van der Waals surface area contributed by atoms with Gasteiger partial charge in [-0.15, -0.1) is 0 Å². The molecule has 1 heterocycles. The molecule has 0 saturated carbocycles. The highest BCUT2D eigenvalue weighted by Gasteiger charge is 2.19. The molecule has 7 heteroatoms. The van der Waals surface area contributed by atoms with Crippen LogP contribution < -0.4 is 5.32 Å². The number of carbonyl (C=O) groups excluding carboxylic acids is 1.